The zero-order chi connectivity index (χ0) is 8.48. The molecule has 0 bridgehead atoms. The Labute approximate surface area is 222 Å². The molecule has 1 aromatic carbocycles. The topological polar surface area (TPSA) is 57.2 Å². The molecule has 0 aliphatic heterocycles. The van der Waals surface area contributed by atoms with Gasteiger partial charge in [-0.25, -0.2) is 8.42 Å². The molecule has 1 rings (SSSR count). The van der Waals surface area contributed by atoms with Crippen molar-refractivity contribution in [2.45, 2.75) is 4.90 Å². The molecule has 1 aromatic rings. The minimum Gasteiger partial charge on any atom is -1.00 e. The quantitative estimate of drug-likeness (QED) is 0.133. The first-order valence-electron chi connectivity index (χ1n) is 2.81. The Hall–Kier alpha value is 4.75. The molecule has 0 spiro atoms. The summed E-state index contributed by atoms with van der Waals surface area (Å²) in [5.74, 6) is 0. The van der Waals surface area contributed by atoms with Gasteiger partial charge in [0.25, 0.3) is 0 Å². The number of benzene rings is 1. The molecule has 0 aliphatic carbocycles. The third-order valence-corrected chi connectivity index (χ3v) is 2.34. The van der Waals surface area contributed by atoms with E-state index in [9.17, 15) is 13.0 Å². The van der Waals surface area contributed by atoms with Crippen LogP contribution in [0.2, 0.25) is 0 Å². The molecule has 84 valence electrons. The summed E-state index contributed by atoms with van der Waals surface area (Å²) in [5, 5.41) is 0.682. The fourth-order valence-electron chi connectivity index (χ4n) is 0.670. The fourth-order valence-corrected chi connectivity index (χ4v) is 1.61. The van der Waals surface area contributed by atoms with Crippen molar-refractivity contribution in [3.05, 3.63) is 24.3 Å². The van der Waals surface area contributed by atoms with E-state index in [1.165, 1.54) is 18.2 Å². The third-order valence-electron chi connectivity index (χ3n) is 1.15. The van der Waals surface area contributed by atoms with Crippen LogP contribution in [-0.4, -0.2) is 13.0 Å². The summed E-state index contributed by atoms with van der Waals surface area (Å²) >= 11 is 0. The largest absolute Gasteiger partial charge is 1.00 e. The molecule has 0 saturated carbocycles. The maximum absolute atomic E-state index is 10.4. The van der Waals surface area contributed by atoms with E-state index in [1.807, 2.05) is 0 Å². The minimum absolute atomic E-state index is 0. The monoisotopic (exact) mass is 640 g/mol. The number of hydrogen-bond acceptors (Lipinski definition) is 3. The van der Waals surface area contributed by atoms with Crippen LogP contribution < -0.4 is 142 Å². The molecule has 3 nitrogen and oxygen atoms in total. The maximum atomic E-state index is 10.4. The van der Waals surface area contributed by atoms with Crippen LogP contribution in [0.4, 0.5) is 0 Å². The molecule has 11 heteroatoms. The van der Waals surface area contributed by atoms with Crippen LogP contribution in [0.25, 0.3) is 0 Å². The molecular formula is C6H7I3Na3O3PS. The van der Waals surface area contributed by atoms with Crippen LogP contribution in [-0.2, 0) is 10.1 Å². The number of rotatable bonds is 1. The van der Waals surface area contributed by atoms with E-state index in [1.54, 1.807) is 6.07 Å². The Morgan fingerprint density at radius 2 is 1.47 bits per heavy atom. The van der Waals surface area contributed by atoms with E-state index in [0.717, 1.165) is 0 Å². The zero-order valence-electron chi connectivity index (χ0n) is 9.68. The predicted octanol–water partition coefficient (Wildman–Crippen LogP) is -14.3. The molecule has 0 heterocycles. The molecule has 0 aromatic heterocycles. The van der Waals surface area contributed by atoms with Gasteiger partial charge < -0.3 is 52.5 Å². The third kappa shape index (κ3) is 16.9. The van der Waals surface area contributed by atoms with Gasteiger partial charge in [0.2, 0.25) is 0 Å². The van der Waals surface area contributed by atoms with E-state index in [4.69, 9.17) is 0 Å². The van der Waals surface area contributed by atoms with E-state index in [0.29, 0.717) is 5.30 Å². The maximum Gasteiger partial charge on any atom is 1.00 e. The molecule has 0 aliphatic rings. The van der Waals surface area contributed by atoms with Crippen LogP contribution in [0.3, 0.4) is 0 Å². The Morgan fingerprint density at radius 1 is 1.06 bits per heavy atom. The van der Waals surface area contributed by atoms with Crippen LogP contribution in [0.5, 0.6) is 0 Å². The summed E-state index contributed by atoms with van der Waals surface area (Å²) < 4.78 is 31.3. The average Bonchev–Trinajstić information content (AvgIpc) is 1.86. The molecule has 1 unspecified atom stereocenters. The molecule has 0 N–H and O–H groups in total. The smallest absolute Gasteiger partial charge is 1.00 e. The molecule has 0 radical (unpaired) electrons. The molecule has 17 heavy (non-hydrogen) atoms. The second kappa shape index (κ2) is 18.8. The molecule has 0 amide bonds. The first kappa shape index (κ1) is 37.8. The Morgan fingerprint density at radius 3 is 1.71 bits per heavy atom. The zero-order valence-corrected chi connectivity index (χ0v) is 24.3. The van der Waals surface area contributed by atoms with Gasteiger partial charge in [0.1, 0.15) is 10.1 Å². The van der Waals surface area contributed by atoms with Gasteiger partial charge in [0.15, 0.2) is 0 Å². The summed E-state index contributed by atoms with van der Waals surface area (Å²) in [5.41, 5.74) is 0. The number of hydrogen-bond donors (Lipinski definition) is 0. The van der Waals surface area contributed by atoms with Gasteiger partial charge in [-0.3, -0.25) is 0 Å². The van der Waals surface area contributed by atoms with Crippen molar-refractivity contribution in [2.24, 2.45) is 0 Å². The van der Waals surface area contributed by atoms with E-state index in [2.05, 4.69) is 9.24 Å². The van der Waals surface area contributed by atoms with Crippen molar-refractivity contribution in [2.75, 3.05) is 0 Å². The SMILES string of the molecule is I.O=S(=O)([O-])c1cccc(P)c1.[I-].[I-].[Na+].[Na+].[Na+]. The molecule has 0 saturated heterocycles. The van der Waals surface area contributed by atoms with E-state index >= 15 is 0 Å². The Balaban J connectivity index is -0.0000000504. The van der Waals surface area contributed by atoms with Gasteiger partial charge in [0.05, 0.1) is 4.90 Å². The van der Waals surface area contributed by atoms with Gasteiger partial charge in [-0.05, 0) is 17.4 Å². The summed E-state index contributed by atoms with van der Waals surface area (Å²) in [7, 11) is -1.97. The van der Waals surface area contributed by atoms with Crippen LogP contribution >= 0.6 is 33.2 Å². The van der Waals surface area contributed by atoms with Gasteiger partial charge in [-0.15, -0.1) is 33.2 Å². The fraction of sp³-hybridized carbons (Fsp3) is 0. The van der Waals surface area contributed by atoms with Crippen molar-refractivity contribution >= 4 is 48.6 Å². The summed E-state index contributed by atoms with van der Waals surface area (Å²) in [6.07, 6.45) is 0. The normalized spacial score (nSPS) is 7.41. The van der Waals surface area contributed by atoms with E-state index < -0.39 is 10.1 Å². The van der Waals surface area contributed by atoms with Crippen molar-refractivity contribution in [3.8, 4) is 0 Å². The molecule has 0 fully saturated rings. The summed E-state index contributed by atoms with van der Waals surface area (Å²) in [4.78, 5) is -0.190. The van der Waals surface area contributed by atoms with Crippen LogP contribution in [0, 0.1) is 0 Å². The van der Waals surface area contributed by atoms with Crippen molar-refractivity contribution < 1.29 is 150 Å². The van der Waals surface area contributed by atoms with Gasteiger partial charge in [-0.1, -0.05) is 12.1 Å². The summed E-state index contributed by atoms with van der Waals surface area (Å²) in [6.45, 7) is 0. The van der Waals surface area contributed by atoms with Crippen molar-refractivity contribution in [1.29, 1.82) is 0 Å². The van der Waals surface area contributed by atoms with Gasteiger partial charge in [0, 0.05) is 0 Å². The predicted molar refractivity (Wildman–Crippen MR) is 59.2 cm³/mol. The van der Waals surface area contributed by atoms with E-state index in [-0.39, 0.29) is 165 Å². The van der Waals surface area contributed by atoms with Crippen molar-refractivity contribution in [1.82, 2.24) is 0 Å². The average molecular weight is 640 g/mol. The molecule has 1 atom stereocenters. The van der Waals surface area contributed by atoms with Crippen molar-refractivity contribution in [3.63, 3.8) is 0 Å². The van der Waals surface area contributed by atoms with Gasteiger partial charge >= 0.3 is 88.7 Å². The molecular weight excluding hydrogens is 633 g/mol. The standard InChI is InChI=1S/C6H7O3PS.3HI.3Na/c7-11(8,9)6-3-1-2-5(10)4-6;;;;;;/h1-4H,10H2,(H,7,8,9);3*1H;;;/q;;;;3*+1/p-3. The first-order chi connectivity index (χ1) is 5.00. The van der Waals surface area contributed by atoms with Gasteiger partial charge in [-0.2, -0.15) is 0 Å². The Kier molecular flexibility index (Phi) is 41.7. The second-order valence-electron chi connectivity index (χ2n) is 2.03. The summed E-state index contributed by atoms with van der Waals surface area (Å²) in [6, 6.07) is 5.80. The minimum atomic E-state index is -4.29. The second-order valence-corrected chi connectivity index (χ2v) is 4.07. The first-order valence-corrected chi connectivity index (χ1v) is 4.80. The number of halogens is 3. The van der Waals surface area contributed by atoms with Crippen LogP contribution in [0.1, 0.15) is 0 Å². The Bertz CT molecular complexity index is 380. The van der Waals surface area contributed by atoms with Crippen LogP contribution in [0.15, 0.2) is 29.2 Å².